The predicted octanol–water partition coefficient (Wildman–Crippen LogP) is 3.72. The van der Waals surface area contributed by atoms with Gasteiger partial charge < -0.3 is 5.11 Å². The second kappa shape index (κ2) is 4.55. The lowest BCUT2D eigenvalue weighted by molar-refractivity contribution is 0.208. The summed E-state index contributed by atoms with van der Waals surface area (Å²) in [5, 5.41) is 13.6. The summed E-state index contributed by atoms with van der Waals surface area (Å²) < 4.78 is 27.4. The van der Waals surface area contributed by atoms with Crippen LogP contribution in [0.2, 0.25) is 0 Å². The number of thiophene rings is 1. The Labute approximate surface area is 102 Å². The standard InChI is InChI=1S/C13H12F2OS/c1-7-3-4-10(14)11(12(7)15)13(16)9-6-17-5-8(9)2/h3-6,13,16H,1-2H3. The van der Waals surface area contributed by atoms with Crippen LogP contribution in [0, 0.1) is 25.5 Å². The highest BCUT2D eigenvalue weighted by molar-refractivity contribution is 7.08. The normalized spacial score (nSPS) is 12.8. The van der Waals surface area contributed by atoms with Crippen LogP contribution in [0.4, 0.5) is 8.78 Å². The van der Waals surface area contributed by atoms with Crippen molar-refractivity contribution in [2.45, 2.75) is 20.0 Å². The zero-order valence-corrected chi connectivity index (χ0v) is 10.3. The number of hydrogen-bond donors (Lipinski definition) is 1. The highest BCUT2D eigenvalue weighted by Crippen LogP contribution is 2.31. The van der Waals surface area contributed by atoms with E-state index in [-0.39, 0.29) is 5.56 Å². The lowest BCUT2D eigenvalue weighted by atomic mass is 9.98. The monoisotopic (exact) mass is 254 g/mol. The minimum Gasteiger partial charge on any atom is -0.383 e. The van der Waals surface area contributed by atoms with Gasteiger partial charge in [0.25, 0.3) is 0 Å². The van der Waals surface area contributed by atoms with E-state index in [1.54, 1.807) is 19.2 Å². The molecule has 1 heterocycles. The first-order valence-electron chi connectivity index (χ1n) is 5.17. The number of aliphatic hydroxyl groups is 1. The van der Waals surface area contributed by atoms with Crippen LogP contribution in [0.5, 0.6) is 0 Å². The Kier molecular flexibility index (Phi) is 3.26. The zero-order valence-electron chi connectivity index (χ0n) is 9.50. The second-order valence-electron chi connectivity index (χ2n) is 4.00. The van der Waals surface area contributed by atoms with Gasteiger partial charge in [0.1, 0.15) is 17.7 Å². The molecule has 0 saturated heterocycles. The molecule has 2 aromatic rings. The van der Waals surface area contributed by atoms with E-state index in [1.165, 1.54) is 23.5 Å². The fourth-order valence-corrected chi connectivity index (χ4v) is 2.60. The number of hydrogen-bond acceptors (Lipinski definition) is 2. The minimum absolute atomic E-state index is 0.272. The van der Waals surface area contributed by atoms with Gasteiger partial charge in [-0.3, -0.25) is 0 Å². The van der Waals surface area contributed by atoms with Gasteiger partial charge in [0, 0.05) is 0 Å². The third-order valence-electron chi connectivity index (χ3n) is 2.78. The van der Waals surface area contributed by atoms with Crippen molar-refractivity contribution in [2.24, 2.45) is 0 Å². The number of halogens is 2. The summed E-state index contributed by atoms with van der Waals surface area (Å²) in [6, 6.07) is 2.54. The highest BCUT2D eigenvalue weighted by Gasteiger charge is 2.22. The molecule has 0 spiro atoms. The van der Waals surface area contributed by atoms with Crippen molar-refractivity contribution in [3.8, 4) is 0 Å². The Balaban J connectivity index is 2.55. The molecule has 0 saturated carbocycles. The Morgan fingerprint density at radius 3 is 2.41 bits per heavy atom. The lowest BCUT2D eigenvalue weighted by Crippen LogP contribution is -2.07. The van der Waals surface area contributed by atoms with E-state index in [9.17, 15) is 13.9 Å². The maximum Gasteiger partial charge on any atom is 0.135 e. The molecule has 0 radical (unpaired) electrons. The van der Waals surface area contributed by atoms with Crippen LogP contribution in [0.1, 0.15) is 28.4 Å². The van der Waals surface area contributed by atoms with E-state index in [0.717, 1.165) is 5.56 Å². The molecule has 1 aromatic carbocycles. The number of aryl methyl sites for hydroxylation is 2. The lowest BCUT2D eigenvalue weighted by Gasteiger charge is -2.14. The summed E-state index contributed by atoms with van der Waals surface area (Å²) in [7, 11) is 0. The minimum atomic E-state index is -1.25. The molecule has 1 nitrogen and oxygen atoms in total. The van der Waals surface area contributed by atoms with E-state index in [2.05, 4.69) is 0 Å². The molecule has 0 aliphatic heterocycles. The molecule has 90 valence electrons. The third kappa shape index (κ3) is 2.10. The molecule has 0 aliphatic carbocycles. The van der Waals surface area contributed by atoms with Crippen LogP contribution in [0.25, 0.3) is 0 Å². The highest BCUT2D eigenvalue weighted by atomic mass is 32.1. The molecule has 1 aromatic heterocycles. The Hall–Kier alpha value is -1.26. The average Bonchev–Trinajstić information content (AvgIpc) is 2.70. The fraction of sp³-hybridized carbons (Fsp3) is 0.231. The predicted molar refractivity (Wildman–Crippen MR) is 64.2 cm³/mol. The van der Waals surface area contributed by atoms with E-state index in [1.807, 2.05) is 5.38 Å². The summed E-state index contributed by atoms with van der Waals surface area (Å²) >= 11 is 1.40. The van der Waals surface area contributed by atoms with E-state index < -0.39 is 17.7 Å². The van der Waals surface area contributed by atoms with Gasteiger partial charge in [-0.2, -0.15) is 11.3 Å². The molecule has 0 bridgehead atoms. The number of rotatable bonds is 2. The maximum atomic E-state index is 13.8. The first-order chi connectivity index (χ1) is 8.02. The van der Waals surface area contributed by atoms with Crippen molar-refractivity contribution in [3.05, 3.63) is 56.8 Å². The molecule has 17 heavy (non-hydrogen) atoms. The van der Waals surface area contributed by atoms with Crippen LogP contribution in [-0.4, -0.2) is 5.11 Å². The van der Waals surface area contributed by atoms with Gasteiger partial charge in [0.05, 0.1) is 5.56 Å². The first kappa shape index (κ1) is 12.2. The smallest absolute Gasteiger partial charge is 0.135 e. The Morgan fingerprint density at radius 1 is 1.12 bits per heavy atom. The first-order valence-corrected chi connectivity index (χ1v) is 6.12. The van der Waals surface area contributed by atoms with Crippen molar-refractivity contribution < 1.29 is 13.9 Å². The molecular formula is C13H12F2OS. The van der Waals surface area contributed by atoms with Crippen LogP contribution >= 0.6 is 11.3 Å². The molecule has 2 rings (SSSR count). The third-order valence-corrected chi connectivity index (χ3v) is 3.66. The van der Waals surface area contributed by atoms with Crippen LogP contribution in [-0.2, 0) is 0 Å². The van der Waals surface area contributed by atoms with E-state index in [4.69, 9.17) is 0 Å². The summed E-state index contributed by atoms with van der Waals surface area (Å²) in [6.07, 6.45) is -1.25. The van der Waals surface area contributed by atoms with Gasteiger partial charge in [0.15, 0.2) is 0 Å². The molecule has 0 amide bonds. The van der Waals surface area contributed by atoms with Crippen molar-refractivity contribution >= 4 is 11.3 Å². The molecular weight excluding hydrogens is 242 g/mol. The molecule has 1 atom stereocenters. The number of benzene rings is 1. The maximum absolute atomic E-state index is 13.8. The Bertz CT molecular complexity index is 548. The molecule has 1 N–H and O–H groups in total. The fourth-order valence-electron chi connectivity index (χ4n) is 1.73. The van der Waals surface area contributed by atoms with Crippen molar-refractivity contribution in [2.75, 3.05) is 0 Å². The second-order valence-corrected chi connectivity index (χ2v) is 4.75. The molecule has 0 fully saturated rings. The van der Waals surface area contributed by atoms with Gasteiger partial charge in [0.2, 0.25) is 0 Å². The van der Waals surface area contributed by atoms with Crippen molar-refractivity contribution in [1.82, 2.24) is 0 Å². The van der Waals surface area contributed by atoms with Gasteiger partial charge in [-0.05, 0) is 47.4 Å². The van der Waals surface area contributed by atoms with Crippen LogP contribution < -0.4 is 0 Å². The molecule has 1 unspecified atom stereocenters. The van der Waals surface area contributed by atoms with Gasteiger partial charge in [-0.15, -0.1) is 0 Å². The van der Waals surface area contributed by atoms with Crippen molar-refractivity contribution in [1.29, 1.82) is 0 Å². The van der Waals surface area contributed by atoms with Gasteiger partial charge in [-0.25, -0.2) is 8.78 Å². The van der Waals surface area contributed by atoms with Crippen LogP contribution in [0.15, 0.2) is 22.9 Å². The summed E-state index contributed by atoms with van der Waals surface area (Å²) in [4.78, 5) is 0. The molecule has 0 aliphatic rings. The Morgan fingerprint density at radius 2 is 1.82 bits per heavy atom. The van der Waals surface area contributed by atoms with E-state index in [0.29, 0.717) is 11.1 Å². The number of aliphatic hydroxyl groups excluding tert-OH is 1. The SMILES string of the molecule is Cc1cscc1C(O)c1c(F)ccc(C)c1F. The van der Waals surface area contributed by atoms with Crippen LogP contribution in [0.3, 0.4) is 0 Å². The molecule has 4 heteroatoms. The van der Waals surface area contributed by atoms with Crippen molar-refractivity contribution in [3.63, 3.8) is 0 Å². The summed E-state index contributed by atoms with van der Waals surface area (Å²) in [5.74, 6) is -1.39. The van der Waals surface area contributed by atoms with E-state index >= 15 is 0 Å². The van der Waals surface area contributed by atoms with Gasteiger partial charge in [-0.1, -0.05) is 6.07 Å². The summed E-state index contributed by atoms with van der Waals surface area (Å²) in [5.41, 5.74) is 1.45. The average molecular weight is 254 g/mol. The zero-order chi connectivity index (χ0) is 12.6. The topological polar surface area (TPSA) is 20.2 Å². The van der Waals surface area contributed by atoms with Gasteiger partial charge >= 0.3 is 0 Å². The quantitative estimate of drug-likeness (QED) is 0.866. The summed E-state index contributed by atoms with van der Waals surface area (Å²) in [6.45, 7) is 3.35. The largest absolute Gasteiger partial charge is 0.383 e.